The SMILES string of the molecule is CC(C)c1ccccc1NC(=O)c1ccc(OCC2CCCO2)c(Br)c1. The van der Waals surface area contributed by atoms with E-state index in [1.807, 2.05) is 30.3 Å². The van der Waals surface area contributed by atoms with Gasteiger partial charge in [0, 0.05) is 17.9 Å². The third-order valence-electron chi connectivity index (χ3n) is 4.47. The molecule has 4 nitrogen and oxygen atoms in total. The number of benzene rings is 2. The van der Waals surface area contributed by atoms with E-state index in [4.69, 9.17) is 9.47 Å². The molecule has 2 aromatic rings. The van der Waals surface area contributed by atoms with E-state index in [1.165, 1.54) is 0 Å². The maximum absolute atomic E-state index is 12.6. The van der Waals surface area contributed by atoms with Crippen molar-refractivity contribution in [2.75, 3.05) is 18.5 Å². The molecule has 0 saturated carbocycles. The predicted octanol–water partition coefficient (Wildman–Crippen LogP) is 5.38. The quantitative estimate of drug-likeness (QED) is 0.685. The minimum atomic E-state index is -0.135. The zero-order valence-corrected chi connectivity index (χ0v) is 16.7. The summed E-state index contributed by atoms with van der Waals surface area (Å²) in [5.74, 6) is 0.927. The highest BCUT2D eigenvalue weighted by Gasteiger charge is 2.17. The van der Waals surface area contributed by atoms with Crippen LogP contribution in [0.1, 0.15) is 48.5 Å². The Morgan fingerprint density at radius 2 is 2.12 bits per heavy atom. The van der Waals surface area contributed by atoms with Crippen LogP contribution in [0.3, 0.4) is 0 Å². The van der Waals surface area contributed by atoms with Crippen LogP contribution in [0.15, 0.2) is 46.9 Å². The van der Waals surface area contributed by atoms with Crippen molar-refractivity contribution in [1.29, 1.82) is 0 Å². The molecule has 1 amide bonds. The first-order valence-corrected chi connectivity index (χ1v) is 9.78. The van der Waals surface area contributed by atoms with E-state index < -0.39 is 0 Å². The van der Waals surface area contributed by atoms with Gasteiger partial charge in [0.2, 0.25) is 0 Å². The summed E-state index contributed by atoms with van der Waals surface area (Å²) in [5.41, 5.74) is 2.55. The van der Waals surface area contributed by atoms with E-state index in [0.717, 1.165) is 40.9 Å². The number of rotatable bonds is 6. The van der Waals surface area contributed by atoms with Gasteiger partial charge in [-0.3, -0.25) is 4.79 Å². The fourth-order valence-electron chi connectivity index (χ4n) is 3.03. The van der Waals surface area contributed by atoms with Crippen LogP contribution < -0.4 is 10.1 Å². The first-order chi connectivity index (χ1) is 12.5. The molecule has 1 aliphatic rings. The molecule has 1 atom stereocenters. The molecular weight excluding hydrogens is 394 g/mol. The van der Waals surface area contributed by atoms with E-state index in [-0.39, 0.29) is 12.0 Å². The van der Waals surface area contributed by atoms with Gasteiger partial charge in [-0.05, 0) is 64.5 Å². The zero-order valence-electron chi connectivity index (χ0n) is 15.1. The lowest BCUT2D eigenvalue weighted by Crippen LogP contribution is -2.17. The third kappa shape index (κ3) is 4.65. The van der Waals surface area contributed by atoms with Crippen molar-refractivity contribution in [3.63, 3.8) is 0 Å². The lowest BCUT2D eigenvalue weighted by Gasteiger charge is -2.15. The topological polar surface area (TPSA) is 47.6 Å². The van der Waals surface area contributed by atoms with E-state index in [1.54, 1.807) is 12.1 Å². The van der Waals surface area contributed by atoms with E-state index in [2.05, 4.69) is 35.1 Å². The summed E-state index contributed by atoms with van der Waals surface area (Å²) < 4.78 is 12.2. The van der Waals surface area contributed by atoms with Crippen molar-refractivity contribution in [2.45, 2.75) is 38.7 Å². The largest absolute Gasteiger partial charge is 0.490 e. The summed E-state index contributed by atoms with van der Waals surface area (Å²) >= 11 is 3.50. The van der Waals surface area contributed by atoms with Gasteiger partial charge >= 0.3 is 0 Å². The van der Waals surface area contributed by atoms with Crippen molar-refractivity contribution >= 4 is 27.5 Å². The normalized spacial score (nSPS) is 16.7. The number of carbonyl (C=O) groups is 1. The van der Waals surface area contributed by atoms with Crippen LogP contribution in [0.5, 0.6) is 5.75 Å². The number of amides is 1. The summed E-state index contributed by atoms with van der Waals surface area (Å²) in [6.45, 7) is 5.57. The van der Waals surface area contributed by atoms with Gasteiger partial charge in [-0.1, -0.05) is 32.0 Å². The Morgan fingerprint density at radius 1 is 1.31 bits per heavy atom. The molecule has 1 saturated heterocycles. The molecule has 1 fully saturated rings. The molecule has 26 heavy (non-hydrogen) atoms. The highest BCUT2D eigenvalue weighted by Crippen LogP contribution is 2.28. The third-order valence-corrected chi connectivity index (χ3v) is 5.09. The average Bonchev–Trinajstić information content (AvgIpc) is 3.14. The number of nitrogens with one attached hydrogen (secondary N) is 1. The zero-order chi connectivity index (χ0) is 18.5. The van der Waals surface area contributed by atoms with Crippen molar-refractivity contribution < 1.29 is 14.3 Å². The number of anilines is 1. The Hall–Kier alpha value is -1.85. The van der Waals surface area contributed by atoms with E-state index >= 15 is 0 Å². The number of ether oxygens (including phenoxy) is 2. The highest BCUT2D eigenvalue weighted by molar-refractivity contribution is 9.10. The summed E-state index contributed by atoms with van der Waals surface area (Å²) in [6, 6.07) is 13.3. The number of hydrogen-bond donors (Lipinski definition) is 1. The minimum Gasteiger partial charge on any atom is -0.490 e. The Balaban J connectivity index is 1.67. The fraction of sp³-hybridized carbons (Fsp3) is 0.381. The molecule has 1 N–H and O–H groups in total. The monoisotopic (exact) mass is 417 g/mol. The van der Waals surface area contributed by atoms with Crippen molar-refractivity contribution in [2.24, 2.45) is 0 Å². The second kappa shape index (κ2) is 8.69. The molecule has 5 heteroatoms. The van der Waals surface area contributed by atoms with Crippen LogP contribution in [0, 0.1) is 0 Å². The molecule has 2 aromatic carbocycles. The summed E-state index contributed by atoms with van der Waals surface area (Å²) in [5, 5.41) is 3.01. The molecule has 1 unspecified atom stereocenters. The maximum Gasteiger partial charge on any atom is 0.255 e. The highest BCUT2D eigenvalue weighted by atomic mass is 79.9. The Bertz CT molecular complexity index is 770. The smallest absolute Gasteiger partial charge is 0.255 e. The van der Waals surface area contributed by atoms with Crippen molar-refractivity contribution in [1.82, 2.24) is 0 Å². The van der Waals surface area contributed by atoms with Crippen LogP contribution in [0.4, 0.5) is 5.69 Å². The molecule has 0 spiro atoms. The molecule has 1 heterocycles. The van der Waals surface area contributed by atoms with Gasteiger partial charge in [-0.2, -0.15) is 0 Å². The molecule has 0 radical (unpaired) electrons. The maximum atomic E-state index is 12.6. The molecule has 1 aliphatic heterocycles. The van der Waals surface area contributed by atoms with Crippen LogP contribution in [0.25, 0.3) is 0 Å². The van der Waals surface area contributed by atoms with Gasteiger partial charge in [0.15, 0.2) is 0 Å². The van der Waals surface area contributed by atoms with Gasteiger partial charge in [-0.15, -0.1) is 0 Å². The molecule has 138 valence electrons. The lowest BCUT2D eigenvalue weighted by atomic mass is 10.0. The standard InChI is InChI=1S/C21H24BrNO3/c1-14(2)17-7-3-4-8-19(17)23-21(24)15-9-10-20(18(22)12-15)26-13-16-6-5-11-25-16/h3-4,7-10,12,14,16H,5-6,11,13H2,1-2H3,(H,23,24). The first-order valence-electron chi connectivity index (χ1n) is 8.99. The first kappa shape index (κ1) is 18.9. The van der Waals surface area contributed by atoms with Gasteiger partial charge in [-0.25, -0.2) is 0 Å². The number of para-hydroxylation sites is 1. The second-order valence-corrected chi connectivity index (χ2v) is 7.64. The number of hydrogen-bond acceptors (Lipinski definition) is 3. The minimum absolute atomic E-state index is 0.135. The van der Waals surface area contributed by atoms with Crippen LogP contribution in [0.2, 0.25) is 0 Å². The molecular formula is C21H24BrNO3. The molecule has 0 aliphatic carbocycles. The fourth-order valence-corrected chi connectivity index (χ4v) is 3.52. The predicted molar refractivity (Wildman–Crippen MR) is 107 cm³/mol. The van der Waals surface area contributed by atoms with Gasteiger partial charge in [0.05, 0.1) is 10.6 Å². The van der Waals surface area contributed by atoms with Gasteiger partial charge in [0.1, 0.15) is 12.4 Å². The van der Waals surface area contributed by atoms with Crippen LogP contribution in [-0.2, 0) is 4.74 Å². The van der Waals surface area contributed by atoms with Crippen molar-refractivity contribution in [3.05, 3.63) is 58.1 Å². The summed E-state index contributed by atoms with van der Waals surface area (Å²) in [6.07, 6.45) is 2.29. The summed E-state index contributed by atoms with van der Waals surface area (Å²) in [7, 11) is 0. The molecule has 0 bridgehead atoms. The molecule has 3 rings (SSSR count). The molecule has 0 aromatic heterocycles. The van der Waals surface area contributed by atoms with E-state index in [0.29, 0.717) is 18.1 Å². The average molecular weight is 418 g/mol. The lowest BCUT2D eigenvalue weighted by molar-refractivity contribution is 0.0677. The van der Waals surface area contributed by atoms with Crippen LogP contribution >= 0.6 is 15.9 Å². The Labute approximate surface area is 163 Å². The number of halogens is 1. The summed E-state index contributed by atoms with van der Waals surface area (Å²) in [4.78, 5) is 12.6. The van der Waals surface area contributed by atoms with Gasteiger partial charge in [0.25, 0.3) is 5.91 Å². The van der Waals surface area contributed by atoms with E-state index in [9.17, 15) is 4.79 Å². The number of carbonyl (C=O) groups excluding carboxylic acids is 1. The second-order valence-electron chi connectivity index (χ2n) is 6.79. The van der Waals surface area contributed by atoms with Crippen molar-refractivity contribution in [3.8, 4) is 5.75 Å². The Kier molecular flexibility index (Phi) is 6.33. The van der Waals surface area contributed by atoms with Gasteiger partial charge < -0.3 is 14.8 Å². The Morgan fingerprint density at radius 3 is 2.81 bits per heavy atom. The van der Waals surface area contributed by atoms with Crippen LogP contribution in [-0.4, -0.2) is 25.2 Å².